The number of rotatable bonds is 4. The highest BCUT2D eigenvalue weighted by Gasteiger charge is 2.18. The van der Waals surface area contributed by atoms with Crippen LogP contribution >= 0.6 is 11.3 Å². The molecule has 5 aromatic rings. The highest BCUT2D eigenvalue weighted by atomic mass is 32.1. The third-order valence-electron chi connectivity index (χ3n) is 5.24. The van der Waals surface area contributed by atoms with Gasteiger partial charge in [0.15, 0.2) is 5.13 Å². The summed E-state index contributed by atoms with van der Waals surface area (Å²) < 4.78 is 0. The van der Waals surface area contributed by atoms with Crippen molar-refractivity contribution in [2.75, 3.05) is 5.32 Å². The molecule has 0 radical (unpaired) electrons. The summed E-state index contributed by atoms with van der Waals surface area (Å²) in [4.78, 5) is 19.0. The largest absolute Gasteiger partial charge is 0.298 e. The molecule has 1 aromatic heterocycles. The Morgan fingerprint density at radius 3 is 2.29 bits per heavy atom. The number of carbonyl (C=O) groups excluding carboxylic acids is 1. The lowest BCUT2D eigenvalue weighted by atomic mass is 10.0. The minimum atomic E-state index is -0.152. The quantitative estimate of drug-likeness (QED) is 0.334. The van der Waals surface area contributed by atoms with Gasteiger partial charge in [-0.05, 0) is 29.3 Å². The van der Waals surface area contributed by atoms with Gasteiger partial charge in [-0.3, -0.25) is 10.1 Å². The molecular formula is C27H20N2OS. The molecule has 0 bridgehead atoms. The zero-order valence-electron chi connectivity index (χ0n) is 17.0. The maximum Gasteiger partial charge on any atom is 0.258 e. The van der Waals surface area contributed by atoms with Crippen LogP contribution in [0.5, 0.6) is 0 Å². The first-order valence-electron chi connectivity index (χ1n) is 10.1. The van der Waals surface area contributed by atoms with E-state index in [1.165, 1.54) is 16.9 Å². The van der Waals surface area contributed by atoms with Crippen LogP contribution in [0.4, 0.5) is 5.13 Å². The minimum absolute atomic E-state index is 0.152. The highest BCUT2D eigenvalue weighted by Crippen LogP contribution is 2.39. The normalized spacial score (nSPS) is 10.9. The molecule has 4 heteroatoms. The number of aromatic nitrogens is 1. The number of amides is 1. The van der Waals surface area contributed by atoms with Gasteiger partial charge in [0, 0.05) is 11.1 Å². The monoisotopic (exact) mass is 420 g/mol. The van der Waals surface area contributed by atoms with Gasteiger partial charge in [0.25, 0.3) is 5.91 Å². The number of nitrogens with one attached hydrogen (secondary N) is 1. The summed E-state index contributed by atoms with van der Waals surface area (Å²) in [6.07, 6.45) is 0. The summed E-state index contributed by atoms with van der Waals surface area (Å²) in [7, 11) is 0. The molecule has 1 N–H and O–H groups in total. The molecular weight excluding hydrogens is 400 g/mol. The second-order valence-electron chi connectivity index (χ2n) is 7.41. The van der Waals surface area contributed by atoms with Gasteiger partial charge in [0.1, 0.15) is 0 Å². The molecule has 5 rings (SSSR count). The number of anilines is 1. The number of nitrogens with zero attached hydrogens (tertiary/aromatic N) is 1. The Morgan fingerprint density at radius 2 is 1.48 bits per heavy atom. The number of thiazole rings is 1. The second-order valence-corrected chi connectivity index (χ2v) is 8.41. The van der Waals surface area contributed by atoms with Crippen molar-refractivity contribution in [3.8, 4) is 21.7 Å². The van der Waals surface area contributed by atoms with Crippen LogP contribution in [0.25, 0.3) is 32.5 Å². The first-order valence-corrected chi connectivity index (χ1v) is 10.9. The topological polar surface area (TPSA) is 42.0 Å². The van der Waals surface area contributed by atoms with Crippen molar-refractivity contribution >= 4 is 33.1 Å². The van der Waals surface area contributed by atoms with Crippen molar-refractivity contribution in [1.82, 2.24) is 4.98 Å². The SMILES string of the molecule is Cc1ccc(-c2nc(NC(=O)c3cccc4ccccc34)sc2-c2ccccc2)cc1. The maximum atomic E-state index is 13.1. The summed E-state index contributed by atoms with van der Waals surface area (Å²) in [6.45, 7) is 2.07. The van der Waals surface area contributed by atoms with E-state index in [1.807, 2.05) is 60.7 Å². The second kappa shape index (κ2) is 8.17. The molecule has 4 aromatic carbocycles. The molecule has 150 valence electrons. The zero-order chi connectivity index (χ0) is 21.2. The van der Waals surface area contributed by atoms with Crippen molar-refractivity contribution in [3.05, 3.63) is 108 Å². The van der Waals surface area contributed by atoms with Crippen LogP contribution in [-0.4, -0.2) is 10.9 Å². The summed E-state index contributed by atoms with van der Waals surface area (Å²) in [5.74, 6) is -0.152. The Labute approximate surface area is 185 Å². The Bertz CT molecular complexity index is 1370. The third-order valence-corrected chi connectivity index (χ3v) is 6.26. The summed E-state index contributed by atoms with van der Waals surface area (Å²) in [6, 6.07) is 32.2. The fraction of sp³-hybridized carbons (Fsp3) is 0.0370. The fourth-order valence-corrected chi connectivity index (χ4v) is 4.64. The fourth-order valence-electron chi connectivity index (χ4n) is 3.65. The molecule has 0 aliphatic carbocycles. The molecule has 1 heterocycles. The van der Waals surface area contributed by atoms with E-state index >= 15 is 0 Å². The Balaban J connectivity index is 1.55. The number of hydrogen-bond donors (Lipinski definition) is 1. The molecule has 0 fully saturated rings. The smallest absolute Gasteiger partial charge is 0.258 e. The molecule has 3 nitrogen and oxygen atoms in total. The first kappa shape index (κ1) is 19.2. The van der Waals surface area contributed by atoms with E-state index in [9.17, 15) is 4.79 Å². The zero-order valence-corrected chi connectivity index (χ0v) is 17.8. The summed E-state index contributed by atoms with van der Waals surface area (Å²) in [5, 5.41) is 5.59. The summed E-state index contributed by atoms with van der Waals surface area (Å²) >= 11 is 1.50. The maximum absolute atomic E-state index is 13.1. The minimum Gasteiger partial charge on any atom is -0.298 e. The molecule has 31 heavy (non-hydrogen) atoms. The van der Waals surface area contributed by atoms with Crippen molar-refractivity contribution in [1.29, 1.82) is 0 Å². The molecule has 0 atom stereocenters. The lowest BCUT2D eigenvalue weighted by molar-refractivity contribution is 0.102. The highest BCUT2D eigenvalue weighted by molar-refractivity contribution is 7.19. The molecule has 1 amide bonds. The van der Waals surface area contributed by atoms with Crippen LogP contribution in [0, 0.1) is 6.92 Å². The van der Waals surface area contributed by atoms with Crippen molar-refractivity contribution in [3.63, 3.8) is 0 Å². The lowest BCUT2D eigenvalue weighted by Gasteiger charge is -2.06. The van der Waals surface area contributed by atoms with Gasteiger partial charge in [-0.15, -0.1) is 0 Å². The van der Waals surface area contributed by atoms with Gasteiger partial charge >= 0.3 is 0 Å². The Kier molecular flexibility index (Phi) is 5.06. The average Bonchev–Trinajstić information content (AvgIpc) is 3.23. The van der Waals surface area contributed by atoms with Crippen LogP contribution in [0.2, 0.25) is 0 Å². The molecule has 0 saturated heterocycles. The average molecular weight is 421 g/mol. The van der Waals surface area contributed by atoms with Crippen LogP contribution in [0.1, 0.15) is 15.9 Å². The standard InChI is InChI=1S/C27H20N2OS/c1-18-14-16-20(17-15-18)24-25(21-9-3-2-4-10-21)31-27(28-24)29-26(30)23-13-7-11-19-8-5-6-12-22(19)23/h2-17H,1H3,(H,28,29,30). The van der Waals surface area contributed by atoms with Crippen LogP contribution in [0.15, 0.2) is 97.1 Å². The molecule has 0 spiro atoms. The van der Waals surface area contributed by atoms with Crippen LogP contribution < -0.4 is 5.32 Å². The van der Waals surface area contributed by atoms with Gasteiger partial charge in [-0.2, -0.15) is 0 Å². The third kappa shape index (κ3) is 3.86. The van der Waals surface area contributed by atoms with E-state index in [4.69, 9.17) is 4.98 Å². The van der Waals surface area contributed by atoms with Crippen molar-refractivity contribution < 1.29 is 4.79 Å². The summed E-state index contributed by atoms with van der Waals surface area (Å²) in [5.41, 5.74) is 4.84. The lowest BCUT2D eigenvalue weighted by Crippen LogP contribution is -2.12. The molecule has 0 aliphatic rings. The predicted molar refractivity (Wildman–Crippen MR) is 130 cm³/mol. The molecule has 0 unspecified atom stereocenters. The molecule has 0 saturated carbocycles. The number of hydrogen-bond acceptors (Lipinski definition) is 3. The van der Waals surface area contributed by atoms with Crippen molar-refractivity contribution in [2.24, 2.45) is 0 Å². The van der Waals surface area contributed by atoms with Gasteiger partial charge in [-0.1, -0.05) is 108 Å². The van der Waals surface area contributed by atoms with E-state index in [2.05, 4.69) is 48.6 Å². The number of benzene rings is 4. The van der Waals surface area contributed by atoms with E-state index in [0.29, 0.717) is 10.7 Å². The van der Waals surface area contributed by atoms with E-state index in [-0.39, 0.29) is 5.91 Å². The Morgan fingerprint density at radius 1 is 0.774 bits per heavy atom. The number of aryl methyl sites for hydroxylation is 1. The van der Waals surface area contributed by atoms with Gasteiger partial charge in [0.2, 0.25) is 0 Å². The first-order chi connectivity index (χ1) is 15.2. The molecule has 0 aliphatic heterocycles. The van der Waals surface area contributed by atoms with Crippen LogP contribution in [-0.2, 0) is 0 Å². The van der Waals surface area contributed by atoms with Crippen LogP contribution in [0.3, 0.4) is 0 Å². The predicted octanol–water partition coefficient (Wildman–Crippen LogP) is 7.19. The van der Waals surface area contributed by atoms with Gasteiger partial charge < -0.3 is 0 Å². The van der Waals surface area contributed by atoms with E-state index in [1.54, 1.807) is 0 Å². The van der Waals surface area contributed by atoms with Gasteiger partial charge in [0.05, 0.1) is 10.6 Å². The van der Waals surface area contributed by atoms with E-state index < -0.39 is 0 Å². The number of fused-ring (bicyclic) bond motifs is 1. The number of carbonyl (C=O) groups is 1. The Hall–Kier alpha value is -3.76. The van der Waals surface area contributed by atoms with Gasteiger partial charge in [-0.25, -0.2) is 4.98 Å². The van der Waals surface area contributed by atoms with Crippen molar-refractivity contribution in [2.45, 2.75) is 6.92 Å². The van der Waals surface area contributed by atoms with E-state index in [0.717, 1.165) is 32.5 Å².